The number of imide groups is 1. The number of carbonyl (C=O) groups is 3. The molecule has 0 aromatic heterocycles. The molecule has 1 aromatic carbocycles. The summed E-state index contributed by atoms with van der Waals surface area (Å²) < 4.78 is 0. The maximum absolute atomic E-state index is 13.0. The van der Waals surface area contributed by atoms with E-state index < -0.39 is 5.41 Å². The molecular weight excluding hydrogens is 368 g/mol. The molecule has 3 rings (SSSR count). The van der Waals surface area contributed by atoms with Crippen molar-refractivity contribution < 1.29 is 14.4 Å². The lowest BCUT2D eigenvalue weighted by Crippen LogP contribution is -2.59. The zero-order valence-corrected chi connectivity index (χ0v) is 17.9. The number of nitrogens with zero attached hydrogens (tertiary/aromatic N) is 3. The van der Waals surface area contributed by atoms with Gasteiger partial charge in [-0.25, -0.2) is 5.43 Å². The van der Waals surface area contributed by atoms with Crippen molar-refractivity contribution in [3.8, 4) is 0 Å². The number of benzene rings is 1. The van der Waals surface area contributed by atoms with Crippen LogP contribution < -0.4 is 10.3 Å². The number of hydrogen-bond acceptors (Lipinski definition) is 5. The fraction of sp³-hybridized carbons (Fsp3) is 0.545. The molecule has 1 saturated carbocycles. The van der Waals surface area contributed by atoms with Gasteiger partial charge in [0.2, 0.25) is 17.7 Å². The Hall–Kier alpha value is -2.70. The van der Waals surface area contributed by atoms with Crippen LogP contribution in [0.4, 0.5) is 5.69 Å². The second-order valence-corrected chi connectivity index (χ2v) is 8.97. The molecule has 0 unspecified atom stereocenters. The van der Waals surface area contributed by atoms with Gasteiger partial charge < -0.3 is 4.90 Å². The molecule has 3 amide bonds. The minimum absolute atomic E-state index is 0.0393. The highest BCUT2D eigenvalue weighted by Crippen LogP contribution is 2.59. The van der Waals surface area contributed by atoms with Gasteiger partial charge in [-0.05, 0) is 36.0 Å². The van der Waals surface area contributed by atoms with Crippen LogP contribution >= 0.6 is 0 Å². The molecule has 7 heteroatoms. The summed E-state index contributed by atoms with van der Waals surface area (Å²) in [5.74, 6) is -0.781. The Morgan fingerprint density at radius 1 is 1.24 bits per heavy atom. The van der Waals surface area contributed by atoms with Crippen molar-refractivity contribution in [3.05, 3.63) is 29.8 Å². The second kappa shape index (κ2) is 7.61. The van der Waals surface area contributed by atoms with E-state index in [0.717, 1.165) is 24.1 Å². The van der Waals surface area contributed by atoms with Crippen molar-refractivity contribution in [2.45, 2.75) is 40.0 Å². The lowest BCUT2D eigenvalue weighted by molar-refractivity contribution is -0.167. The van der Waals surface area contributed by atoms with E-state index in [1.165, 1.54) is 4.90 Å². The predicted molar refractivity (Wildman–Crippen MR) is 112 cm³/mol. The molecule has 29 heavy (non-hydrogen) atoms. The highest BCUT2D eigenvalue weighted by atomic mass is 16.2. The number of piperidine rings is 1. The van der Waals surface area contributed by atoms with Crippen molar-refractivity contribution in [1.29, 1.82) is 0 Å². The third kappa shape index (κ3) is 3.66. The van der Waals surface area contributed by atoms with E-state index in [1.807, 2.05) is 64.0 Å². The van der Waals surface area contributed by atoms with Gasteiger partial charge in [0.1, 0.15) is 0 Å². The van der Waals surface area contributed by atoms with Crippen LogP contribution in [0.25, 0.3) is 0 Å². The van der Waals surface area contributed by atoms with E-state index in [1.54, 1.807) is 6.21 Å². The molecular formula is C22H30N4O3. The minimum atomic E-state index is -0.543. The van der Waals surface area contributed by atoms with Gasteiger partial charge in [-0.3, -0.25) is 19.3 Å². The molecule has 1 aliphatic heterocycles. The second-order valence-electron chi connectivity index (χ2n) is 8.97. The van der Waals surface area contributed by atoms with Gasteiger partial charge in [0.25, 0.3) is 0 Å². The van der Waals surface area contributed by atoms with E-state index in [2.05, 4.69) is 10.5 Å². The van der Waals surface area contributed by atoms with Gasteiger partial charge in [-0.1, -0.05) is 32.9 Å². The first-order valence-corrected chi connectivity index (χ1v) is 10.0. The summed E-state index contributed by atoms with van der Waals surface area (Å²) in [6.45, 7) is 6.05. The van der Waals surface area contributed by atoms with Crippen molar-refractivity contribution in [2.24, 2.45) is 21.8 Å². The smallest absolute Gasteiger partial charge is 0.241 e. The highest BCUT2D eigenvalue weighted by Gasteiger charge is 2.64. The summed E-state index contributed by atoms with van der Waals surface area (Å²) in [6.07, 6.45) is 3.05. The van der Waals surface area contributed by atoms with Crippen LogP contribution in [0.3, 0.4) is 0 Å². The van der Waals surface area contributed by atoms with E-state index in [-0.39, 0.29) is 42.0 Å². The number of hydrazone groups is 1. The third-order valence-electron chi connectivity index (χ3n) is 6.88. The summed E-state index contributed by atoms with van der Waals surface area (Å²) in [7, 11) is 3.93. The lowest BCUT2D eigenvalue weighted by Gasteiger charge is -2.47. The number of anilines is 1. The molecule has 1 aliphatic carbocycles. The molecule has 2 bridgehead atoms. The van der Waals surface area contributed by atoms with Crippen molar-refractivity contribution in [3.63, 3.8) is 0 Å². The van der Waals surface area contributed by atoms with Crippen LogP contribution in [0.15, 0.2) is 29.4 Å². The Morgan fingerprint density at radius 3 is 2.52 bits per heavy atom. The van der Waals surface area contributed by atoms with Gasteiger partial charge in [-0.2, -0.15) is 5.10 Å². The predicted octanol–water partition coefficient (Wildman–Crippen LogP) is 2.40. The SMILES string of the molecule is CN(C)c1ccc(/C=N\NC(=O)CCN2C(=O)[C@H]3CC[C@](C)(C2=O)C3(C)C)cc1. The van der Waals surface area contributed by atoms with Crippen LogP contribution in [-0.4, -0.2) is 49.5 Å². The Labute approximate surface area is 172 Å². The first-order chi connectivity index (χ1) is 13.6. The standard InChI is InChI=1S/C22H30N4O3/c1-21(2)17-10-12-22(21,3)20(29)26(19(17)28)13-11-18(27)24-23-14-15-6-8-16(9-7-15)25(4)5/h6-9,14,17H,10-13H2,1-5H3,(H,24,27)/b23-14-/t17-,22-/m1/s1. The van der Waals surface area contributed by atoms with Crippen LogP contribution in [0, 0.1) is 16.7 Å². The molecule has 2 atom stereocenters. The molecule has 1 N–H and O–H groups in total. The summed E-state index contributed by atoms with van der Waals surface area (Å²) in [6, 6.07) is 7.75. The van der Waals surface area contributed by atoms with Crippen LogP contribution in [0.1, 0.15) is 45.6 Å². The largest absolute Gasteiger partial charge is 0.378 e. The molecule has 0 spiro atoms. The molecule has 0 radical (unpaired) electrons. The maximum Gasteiger partial charge on any atom is 0.241 e. The van der Waals surface area contributed by atoms with Crippen LogP contribution in [0.2, 0.25) is 0 Å². The third-order valence-corrected chi connectivity index (χ3v) is 6.88. The average molecular weight is 399 g/mol. The summed E-state index contributed by atoms with van der Waals surface area (Å²) in [5, 5.41) is 3.97. The molecule has 1 saturated heterocycles. The zero-order chi connectivity index (χ0) is 21.4. The first kappa shape index (κ1) is 21.0. The van der Waals surface area contributed by atoms with Gasteiger partial charge >= 0.3 is 0 Å². The quantitative estimate of drug-likeness (QED) is 0.453. The average Bonchev–Trinajstić information content (AvgIpc) is 2.85. The van der Waals surface area contributed by atoms with Gasteiger partial charge in [-0.15, -0.1) is 0 Å². The Kier molecular flexibility index (Phi) is 5.52. The molecule has 2 fully saturated rings. The van der Waals surface area contributed by atoms with Crippen LogP contribution in [0.5, 0.6) is 0 Å². The number of rotatable bonds is 6. The van der Waals surface area contributed by atoms with E-state index in [9.17, 15) is 14.4 Å². The van der Waals surface area contributed by atoms with Gasteiger partial charge in [0.05, 0.1) is 11.6 Å². The van der Waals surface area contributed by atoms with Gasteiger partial charge in [0, 0.05) is 38.7 Å². The Balaban J connectivity index is 1.54. The summed E-state index contributed by atoms with van der Waals surface area (Å²) in [5.41, 5.74) is 3.53. The maximum atomic E-state index is 13.0. The monoisotopic (exact) mass is 398 g/mol. The van der Waals surface area contributed by atoms with Crippen molar-refractivity contribution in [2.75, 3.05) is 25.5 Å². The first-order valence-electron chi connectivity index (χ1n) is 10.0. The fourth-order valence-electron chi connectivity index (χ4n) is 4.42. The number of nitrogens with one attached hydrogen (secondary N) is 1. The lowest BCUT2D eigenvalue weighted by atomic mass is 9.62. The zero-order valence-electron chi connectivity index (χ0n) is 17.9. The fourth-order valence-corrected chi connectivity index (χ4v) is 4.42. The van der Waals surface area contributed by atoms with E-state index in [4.69, 9.17) is 0 Å². The Morgan fingerprint density at radius 2 is 1.90 bits per heavy atom. The number of fused-ring (bicyclic) bond motifs is 2. The number of amides is 3. The number of likely N-dealkylation sites (tertiary alicyclic amines) is 1. The summed E-state index contributed by atoms with van der Waals surface area (Å²) >= 11 is 0. The van der Waals surface area contributed by atoms with Crippen molar-refractivity contribution in [1.82, 2.24) is 10.3 Å². The molecule has 156 valence electrons. The normalized spacial score (nSPS) is 25.6. The van der Waals surface area contributed by atoms with Crippen LogP contribution in [-0.2, 0) is 14.4 Å². The minimum Gasteiger partial charge on any atom is -0.378 e. The van der Waals surface area contributed by atoms with E-state index in [0.29, 0.717) is 0 Å². The summed E-state index contributed by atoms with van der Waals surface area (Å²) in [4.78, 5) is 41.2. The van der Waals surface area contributed by atoms with E-state index >= 15 is 0 Å². The number of carbonyl (C=O) groups excluding carboxylic acids is 3. The van der Waals surface area contributed by atoms with Gasteiger partial charge in [0.15, 0.2) is 0 Å². The molecule has 1 heterocycles. The molecule has 2 aliphatic rings. The molecule has 7 nitrogen and oxygen atoms in total. The topological polar surface area (TPSA) is 82.1 Å². The Bertz CT molecular complexity index is 844. The highest BCUT2D eigenvalue weighted by molar-refractivity contribution is 6.04. The number of hydrogen-bond donors (Lipinski definition) is 1. The van der Waals surface area contributed by atoms with Crippen molar-refractivity contribution >= 4 is 29.6 Å². The molecule has 1 aromatic rings.